The molecule has 0 aliphatic heterocycles. The highest BCUT2D eigenvalue weighted by atomic mass is 19.4. The van der Waals surface area contributed by atoms with Gasteiger partial charge in [-0.1, -0.05) is 12.1 Å². The summed E-state index contributed by atoms with van der Waals surface area (Å²) in [7, 11) is 0. The number of aromatic nitrogens is 2. The van der Waals surface area contributed by atoms with E-state index in [0.29, 0.717) is 10.8 Å². The lowest BCUT2D eigenvalue weighted by atomic mass is 10.1. The van der Waals surface area contributed by atoms with Gasteiger partial charge in [-0.2, -0.15) is 31.6 Å². The van der Waals surface area contributed by atoms with Gasteiger partial charge >= 0.3 is 12.4 Å². The number of benzene rings is 2. The zero-order chi connectivity index (χ0) is 21.0. The molecule has 0 saturated carbocycles. The van der Waals surface area contributed by atoms with E-state index in [2.05, 4.69) is 4.98 Å². The van der Waals surface area contributed by atoms with Crippen LogP contribution in [-0.4, -0.2) is 9.55 Å². The van der Waals surface area contributed by atoms with Gasteiger partial charge < -0.3 is 0 Å². The lowest BCUT2D eigenvalue weighted by Gasteiger charge is -2.11. The molecule has 146 valence electrons. The van der Waals surface area contributed by atoms with Crippen LogP contribution in [0.4, 0.5) is 26.3 Å². The topological polar surface area (TPSA) is 41.6 Å². The molecule has 2 aromatic carbocycles. The summed E-state index contributed by atoms with van der Waals surface area (Å²) in [5, 5.41) is 9.78. The van der Waals surface area contributed by atoms with Crippen LogP contribution < -0.4 is 0 Å². The highest BCUT2D eigenvalue weighted by Crippen LogP contribution is 2.39. The molecule has 0 bridgehead atoms. The molecular formula is C20H9F6N3. The smallest absolute Gasteiger partial charge is 0.294 e. The average molecular weight is 405 g/mol. The minimum absolute atomic E-state index is 0.0386. The van der Waals surface area contributed by atoms with Crippen molar-refractivity contribution in [2.75, 3.05) is 0 Å². The summed E-state index contributed by atoms with van der Waals surface area (Å²) in [6.07, 6.45) is -7.99. The predicted octanol–water partition coefficient (Wildman–Crippen LogP) is 6.09. The van der Waals surface area contributed by atoms with E-state index in [1.54, 1.807) is 0 Å². The van der Waals surface area contributed by atoms with Gasteiger partial charge in [0.05, 0.1) is 33.8 Å². The molecule has 0 spiro atoms. The quantitative estimate of drug-likeness (QED) is 0.360. The van der Waals surface area contributed by atoms with Crippen LogP contribution in [0.3, 0.4) is 0 Å². The molecule has 4 rings (SSSR count). The van der Waals surface area contributed by atoms with Gasteiger partial charge in [-0.3, -0.25) is 4.57 Å². The first-order valence-electron chi connectivity index (χ1n) is 8.19. The monoisotopic (exact) mass is 405 g/mol. The number of nitrogens with zero attached hydrogens (tertiary/aromatic N) is 3. The van der Waals surface area contributed by atoms with E-state index in [1.165, 1.54) is 35.0 Å². The number of hydrogen-bond acceptors (Lipinski definition) is 2. The molecule has 4 aromatic rings. The van der Waals surface area contributed by atoms with Gasteiger partial charge in [0.25, 0.3) is 0 Å². The predicted molar refractivity (Wildman–Crippen MR) is 93.3 cm³/mol. The highest BCUT2D eigenvalue weighted by molar-refractivity contribution is 6.09. The highest BCUT2D eigenvalue weighted by Gasteiger charge is 2.33. The van der Waals surface area contributed by atoms with E-state index in [1.807, 2.05) is 6.07 Å². The summed E-state index contributed by atoms with van der Waals surface area (Å²) in [5.74, 6) is 0.0442. The first-order chi connectivity index (χ1) is 13.6. The van der Waals surface area contributed by atoms with Crippen molar-refractivity contribution in [1.29, 1.82) is 5.26 Å². The van der Waals surface area contributed by atoms with E-state index >= 15 is 0 Å². The fourth-order valence-corrected chi connectivity index (χ4v) is 3.23. The molecule has 2 aromatic heterocycles. The molecule has 0 amide bonds. The Morgan fingerprint density at radius 1 is 0.759 bits per heavy atom. The Morgan fingerprint density at radius 2 is 1.28 bits per heavy atom. The Labute approximate surface area is 159 Å². The fourth-order valence-electron chi connectivity index (χ4n) is 3.23. The van der Waals surface area contributed by atoms with Gasteiger partial charge in [0.1, 0.15) is 5.82 Å². The Bertz CT molecular complexity index is 1220. The zero-order valence-corrected chi connectivity index (χ0v) is 14.3. The lowest BCUT2D eigenvalue weighted by Crippen LogP contribution is -2.06. The number of alkyl halides is 6. The maximum absolute atomic E-state index is 13.2. The molecule has 0 fully saturated rings. The number of hydrogen-bond donors (Lipinski definition) is 0. The first-order valence-corrected chi connectivity index (χ1v) is 8.19. The van der Waals surface area contributed by atoms with Crippen LogP contribution in [0, 0.1) is 11.3 Å². The van der Waals surface area contributed by atoms with Gasteiger partial charge in [-0.25, -0.2) is 4.98 Å². The largest absolute Gasteiger partial charge is 0.416 e. The van der Waals surface area contributed by atoms with Crippen LogP contribution >= 0.6 is 0 Å². The molecule has 0 aliphatic carbocycles. The molecule has 2 heterocycles. The molecule has 29 heavy (non-hydrogen) atoms. The number of nitriles is 1. The Kier molecular flexibility index (Phi) is 4.04. The van der Waals surface area contributed by atoms with Crippen molar-refractivity contribution >= 4 is 21.8 Å². The van der Waals surface area contributed by atoms with Crippen LogP contribution in [-0.2, 0) is 12.4 Å². The SMILES string of the molecule is N#Cc1ccnc(-n2c3cc(C(F)(F)F)ccc3c3ccc(C(F)(F)F)cc32)c1. The average Bonchev–Trinajstić information content (AvgIpc) is 2.99. The zero-order valence-electron chi connectivity index (χ0n) is 14.3. The Balaban J connectivity index is 2.15. The van der Waals surface area contributed by atoms with Crippen molar-refractivity contribution in [3.05, 3.63) is 71.4 Å². The number of fused-ring (bicyclic) bond motifs is 3. The van der Waals surface area contributed by atoms with Crippen molar-refractivity contribution in [1.82, 2.24) is 9.55 Å². The van der Waals surface area contributed by atoms with Crippen molar-refractivity contribution in [3.63, 3.8) is 0 Å². The van der Waals surface area contributed by atoms with E-state index in [-0.39, 0.29) is 22.4 Å². The second-order valence-corrected chi connectivity index (χ2v) is 6.31. The molecule has 3 nitrogen and oxygen atoms in total. The third kappa shape index (κ3) is 3.16. The van der Waals surface area contributed by atoms with Crippen molar-refractivity contribution in [2.45, 2.75) is 12.4 Å². The molecular weight excluding hydrogens is 396 g/mol. The van der Waals surface area contributed by atoms with Gasteiger partial charge in [-0.05, 0) is 36.4 Å². The summed E-state index contributed by atoms with van der Waals surface area (Å²) in [6.45, 7) is 0. The summed E-state index contributed by atoms with van der Waals surface area (Å²) in [4.78, 5) is 4.06. The van der Waals surface area contributed by atoms with Crippen molar-refractivity contribution in [2.24, 2.45) is 0 Å². The molecule has 0 radical (unpaired) electrons. The first kappa shape index (κ1) is 18.8. The standard InChI is InChI=1S/C20H9F6N3/c21-19(22,23)12-1-3-14-15-4-2-13(20(24,25)26)9-17(15)29(16(14)8-12)18-7-11(10-27)5-6-28-18/h1-9H. The third-order valence-corrected chi connectivity index (χ3v) is 4.53. The molecule has 9 heteroatoms. The molecule has 0 saturated heterocycles. The fraction of sp³-hybridized carbons (Fsp3) is 0.100. The van der Waals surface area contributed by atoms with Gasteiger partial charge in [0.2, 0.25) is 0 Å². The van der Waals surface area contributed by atoms with Gasteiger partial charge in [0.15, 0.2) is 0 Å². The van der Waals surface area contributed by atoms with Crippen LogP contribution in [0.1, 0.15) is 16.7 Å². The van der Waals surface area contributed by atoms with Crippen LogP contribution in [0.5, 0.6) is 0 Å². The van der Waals surface area contributed by atoms with E-state index < -0.39 is 23.5 Å². The van der Waals surface area contributed by atoms with Crippen molar-refractivity contribution < 1.29 is 26.3 Å². The molecule has 0 unspecified atom stereocenters. The van der Waals surface area contributed by atoms with Crippen LogP contribution in [0.25, 0.3) is 27.6 Å². The van der Waals surface area contributed by atoms with E-state index in [0.717, 1.165) is 24.3 Å². The summed E-state index contributed by atoms with van der Waals surface area (Å²) in [6, 6.07) is 10.5. The van der Waals surface area contributed by atoms with Gasteiger partial charge in [0, 0.05) is 17.0 Å². The summed E-state index contributed by atoms with van der Waals surface area (Å²) in [5.41, 5.74) is -1.64. The number of pyridine rings is 1. The maximum Gasteiger partial charge on any atom is 0.416 e. The normalized spacial score (nSPS) is 12.4. The minimum atomic E-state index is -4.63. The van der Waals surface area contributed by atoms with E-state index in [4.69, 9.17) is 5.26 Å². The summed E-state index contributed by atoms with van der Waals surface area (Å²) >= 11 is 0. The summed E-state index contributed by atoms with van der Waals surface area (Å²) < 4.78 is 80.6. The maximum atomic E-state index is 13.2. The number of rotatable bonds is 1. The van der Waals surface area contributed by atoms with Crippen LogP contribution in [0.2, 0.25) is 0 Å². The Morgan fingerprint density at radius 3 is 1.72 bits per heavy atom. The molecule has 0 N–H and O–H groups in total. The van der Waals surface area contributed by atoms with Gasteiger partial charge in [-0.15, -0.1) is 0 Å². The second kappa shape index (κ2) is 6.24. The third-order valence-electron chi connectivity index (χ3n) is 4.53. The Hall–Kier alpha value is -3.54. The molecule has 0 aliphatic rings. The van der Waals surface area contributed by atoms with Crippen LogP contribution in [0.15, 0.2) is 54.7 Å². The molecule has 0 atom stereocenters. The lowest BCUT2D eigenvalue weighted by molar-refractivity contribution is -0.138. The van der Waals surface area contributed by atoms with Crippen molar-refractivity contribution in [3.8, 4) is 11.9 Å². The minimum Gasteiger partial charge on any atom is -0.294 e. The number of halogens is 6. The second-order valence-electron chi connectivity index (χ2n) is 6.31. The van der Waals surface area contributed by atoms with E-state index in [9.17, 15) is 26.3 Å².